The fraction of sp³-hybridized carbons (Fsp3) is 0.105. The number of thioether (sulfide) groups is 1. The van der Waals surface area contributed by atoms with Gasteiger partial charge in [-0.1, -0.05) is 57.5 Å². The number of nitrogens with one attached hydrogen (secondary N) is 1. The van der Waals surface area contributed by atoms with Crippen LogP contribution in [0.4, 0.5) is 5.69 Å². The maximum atomic E-state index is 12.3. The van der Waals surface area contributed by atoms with E-state index in [4.69, 9.17) is 11.6 Å². The molecule has 0 fully saturated rings. The molecule has 0 atom stereocenters. The van der Waals surface area contributed by atoms with Crippen LogP contribution < -0.4 is 5.32 Å². The average molecular weight is 543 g/mol. The van der Waals surface area contributed by atoms with Crippen LogP contribution in [0.5, 0.6) is 0 Å². The summed E-state index contributed by atoms with van der Waals surface area (Å²) >= 11 is 14.1. The van der Waals surface area contributed by atoms with Gasteiger partial charge >= 0.3 is 0 Å². The largest absolute Gasteiger partial charge is 0.325 e. The highest BCUT2D eigenvalue weighted by Crippen LogP contribution is 2.27. The SMILES string of the molecule is C=CCn1c(SCC(=O)Nc2ccc(Br)c(Cl)c2)nnc1-c1ccc(Br)cc1. The third-order valence-electron chi connectivity index (χ3n) is 3.67. The van der Waals surface area contributed by atoms with Gasteiger partial charge in [0.05, 0.1) is 10.8 Å². The first kappa shape index (κ1) is 21.1. The Kier molecular flexibility index (Phi) is 7.34. The lowest BCUT2D eigenvalue weighted by Crippen LogP contribution is -2.14. The molecule has 2 aromatic carbocycles. The summed E-state index contributed by atoms with van der Waals surface area (Å²) in [5, 5.41) is 12.6. The van der Waals surface area contributed by atoms with Crippen molar-refractivity contribution in [1.82, 2.24) is 14.8 Å². The monoisotopic (exact) mass is 540 g/mol. The molecule has 0 aliphatic heterocycles. The van der Waals surface area contributed by atoms with Gasteiger partial charge in [0.2, 0.25) is 5.91 Å². The molecule has 144 valence electrons. The van der Waals surface area contributed by atoms with Crippen molar-refractivity contribution in [3.63, 3.8) is 0 Å². The Morgan fingerprint density at radius 1 is 1.21 bits per heavy atom. The maximum absolute atomic E-state index is 12.3. The number of carbonyl (C=O) groups excluding carboxylic acids is 1. The minimum absolute atomic E-state index is 0.151. The predicted octanol–water partition coefficient (Wildman–Crippen LogP) is 6.04. The van der Waals surface area contributed by atoms with E-state index < -0.39 is 0 Å². The van der Waals surface area contributed by atoms with Crippen LogP contribution in [0.2, 0.25) is 5.02 Å². The topological polar surface area (TPSA) is 59.8 Å². The highest BCUT2D eigenvalue weighted by atomic mass is 79.9. The lowest BCUT2D eigenvalue weighted by Gasteiger charge is -2.09. The highest BCUT2D eigenvalue weighted by Gasteiger charge is 2.15. The molecule has 9 heteroatoms. The van der Waals surface area contributed by atoms with Gasteiger partial charge in [-0.2, -0.15) is 0 Å². The van der Waals surface area contributed by atoms with E-state index in [0.29, 0.717) is 22.4 Å². The summed E-state index contributed by atoms with van der Waals surface area (Å²) in [5.41, 5.74) is 1.58. The summed E-state index contributed by atoms with van der Waals surface area (Å²) in [6.07, 6.45) is 1.78. The van der Waals surface area contributed by atoms with E-state index in [-0.39, 0.29) is 11.7 Å². The number of allylic oxidation sites excluding steroid dienone is 1. The van der Waals surface area contributed by atoms with Crippen molar-refractivity contribution in [2.75, 3.05) is 11.1 Å². The molecule has 3 aromatic rings. The molecule has 1 amide bonds. The van der Waals surface area contributed by atoms with E-state index in [2.05, 4.69) is 54.0 Å². The van der Waals surface area contributed by atoms with Crippen molar-refractivity contribution in [3.05, 3.63) is 69.1 Å². The van der Waals surface area contributed by atoms with Crippen molar-refractivity contribution >= 4 is 66.8 Å². The Morgan fingerprint density at radius 2 is 1.96 bits per heavy atom. The standard InChI is InChI=1S/C19H15Br2ClN4OS/c1-2-9-26-18(12-3-5-13(20)6-4-12)24-25-19(26)28-11-17(27)23-14-7-8-15(21)16(22)10-14/h2-8,10H,1,9,11H2,(H,23,27). The second-order valence-electron chi connectivity index (χ2n) is 5.68. The maximum Gasteiger partial charge on any atom is 0.234 e. The van der Waals surface area contributed by atoms with Crippen LogP contribution in [-0.4, -0.2) is 26.4 Å². The number of rotatable bonds is 7. The zero-order valence-electron chi connectivity index (χ0n) is 14.5. The summed E-state index contributed by atoms with van der Waals surface area (Å²) in [6.45, 7) is 4.35. The molecule has 0 radical (unpaired) electrons. The Labute approximate surface area is 188 Å². The fourth-order valence-electron chi connectivity index (χ4n) is 2.40. The van der Waals surface area contributed by atoms with Gasteiger partial charge in [0, 0.05) is 26.7 Å². The van der Waals surface area contributed by atoms with Gasteiger partial charge in [-0.15, -0.1) is 16.8 Å². The van der Waals surface area contributed by atoms with Gasteiger partial charge in [0.15, 0.2) is 11.0 Å². The van der Waals surface area contributed by atoms with Gasteiger partial charge < -0.3 is 5.32 Å². The average Bonchev–Trinajstić information content (AvgIpc) is 3.07. The Bertz CT molecular complexity index is 1010. The third kappa shape index (κ3) is 5.26. The first-order valence-electron chi connectivity index (χ1n) is 8.15. The molecule has 0 bridgehead atoms. The molecule has 0 saturated heterocycles. The number of anilines is 1. The number of halogens is 3. The molecule has 0 saturated carbocycles. The minimum atomic E-state index is -0.151. The zero-order valence-corrected chi connectivity index (χ0v) is 19.3. The van der Waals surface area contributed by atoms with Crippen molar-refractivity contribution < 1.29 is 4.79 Å². The van der Waals surface area contributed by atoms with E-state index >= 15 is 0 Å². The molecule has 28 heavy (non-hydrogen) atoms. The van der Waals surface area contributed by atoms with E-state index in [0.717, 1.165) is 20.3 Å². The number of hydrogen-bond acceptors (Lipinski definition) is 4. The van der Waals surface area contributed by atoms with E-state index in [1.807, 2.05) is 28.8 Å². The number of benzene rings is 2. The molecule has 0 spiro atoms. The summed E-state index contributed by atoms with van der Waals surface area (Å²) in [4.78, 5) is 12.3. The predicted molar refractivity (Wildman–Crippen MR) is 122 cm³/mol. The smallest absolute Gasteiger partial charge is 0.234 e. The van der Waals surface area contributed by atoms with Crippen LogP contribution in [0.15, 0.2) is 69.2 Å². The highest BCUT2D eigenvalue weighted by molar-refractivity contribution is 9.10. The normalized spacial score (nSPS) is 10.7. The summed E-state index contributed by atoms with van der Waals surface area (Å²) < 4.78 is 3.70. The van der Waals surface area contributed by atoms with E-state index in [1.54, 1.807) is 24.3 Å². The number of carbonyl (C=O) groups is 1. The van der Waals surface area contributed by atoms with Gasteiger partial charge in [-0.25, -0.2) is 0 Å². The van der Waals surface area contributed by atoms with Gasteiger partial charge in [-0.05, 0) is 46.3 Å². The van der Waals surface area contributed by atoms with Crippen molar-refractivity contribution in [3.8, 4) is 11.4 Å². The third-order valence-corrected chi connectivity index (χ3v) is 6.39. The summed E-state index contributed by atoms with van der Waals surface area (Å²) in [5.74, 6) is 0.778. The van der Waals surface area contributed by atoms with E-state index in [9.17, 15) is 4.79 Å². The number of nitrogens with zero attached hydrogens (tertiary/aromatic N) is 3. The zero-order chi connectivity index (χ0) is 20.1. The number of amides is 1. The Balaban J connectivity index is 1.71. The molecule has 1 N–H and O–H groups in total. The molecule has 3 rings (SSSR count). The first-order valence-corrected chi connectivity index (χ1v) is 11.1. The Morgan fingerprint density at radius 3 is 2.64 bits per heavy atom. The lowest BCUT2D eigenvalue weighted by molar-refractivity contribution is -0.113. The molecule has 0 aliphatic rings. The fourth-order valence-corrected chi connectivity index (χ4v) is 3.84. The second kappa shape index (κ2) is 9.73. The number of hydrogen-bond donors (Lipinski definition) is 1. The molecule has 0 unspecified atom stereocenters. The van der Waals surface area contributed by atoms with Crippen LogP contribution >= 0.6 is 55.2 Å². The summed E-state index contributed by atoms with van der Waals surface area (Å²) in [6, 6.07) is 13.1. The van der Waals surface area contributed by atoms with Gasteiger partial charge in [0.25, 0.3) is 0 Å². The van der Waals surface area contributed by atoms with Crippen molar-refractivity contribution in [1.29, 1.82) is 0 Å². The van der Waals surface area contributed by atoms with Crippen LogP contribution in [0.3, 0.4) is 0 Å². The van der Waals surface area contributed by atoms with Crippen LogP contribution in [0.1, 0.15) is 0 Å². The summed E-state index contributed by atoms with van der Waals surface area (Å²) in [7, 11) is 0. The first-order chi connectivity index (χ1) is 13.5. The molecule has 0 aliphatic carbocycles. The van der Waals surface area contributed by atoms with E-state index in [1.165, 1.54) is 11.8 Å². The van der Waals surface area contributed by atoms with Crippen LogP contribution in [0.25, 0.3) is 11.4 Å². The van der Waals surface area contributed by atoms with Crippen LogP contribution in [0, 0.1) is 0 Å². The molecule has 1 heterocycles. The minimum Gasteiger partial charge on any atom is -0.325 e. The van der Waals surface area contributed by atoms with Crippen molar-refractivity contribution in [2.45, 2.75) is 11.7 Å². The quantitative estimate of drug-likeness (QED) is 0.292. The molecule has 5 nitrogen and oxygen atoms in total. The van der Waals surface area contributed by atoms with Crippen molar-refractivity contribution in [2.24, 2.45) is 0 Å². The van der Waals surface area contributed by atoms with Gasteiger partial charge in [-0.3, -0.25) is 9.36 Å². The molecular formula is C19H15Br2ClN4OS. The lowest BCUT2D eigenvalue weighted by atomic mass is 10.2. The van der Waals surface area contributed by atoms with Crippen LogP contribution in [-0.2, 0) is 11.3 Å². The van der Waals surface area contributed by atoms with Gasteiger partial charge in [0.1, 0.15) is 0 Å². The molecule has 1 aromatic heterocycles. The number of aromatic nitrogens is 3. The second-order valence-corrected chi connectivity index (χ2v) is 8.80. The molecular weight excluding hydrogens is 528 g/mol. The Hall–Kier alpha value is -1.61.